The Hall–Kier alpha value is -2.34. The van der Waals surface area contributed by atoms with Crippen LogP contribution in [-0.2, 0) is 0 Å². The van der Waals surface area contributed by atoms with Crippen molar-refractivity contribution in [2.24, 2.45) is 5.92 Å². The highest BCUT2D eigenvalue weighted by Crippen LogP contribution is 2.37. The van der Waals surface area contributed by atoms with E-state index in [9.17, 15) is 0 Å². The molecule has 5 rings (SSSR count). The number of rotatable bonds is 5. The fraction of sp³-hybridized carbons (Fsp3) is 0.391. The fourth-order valence-corrected chi connectivity index (χ4v) is 4.74. The average molecular weight is 377 g/mol. The van der Waals surface area contributed by atoms with E-state index >= 15 is 0 Å². The minimum atomic E-state index is 0.193. The standard InChI is InChI=1S/C23H27N3O2/c1-27-19-8-4-7-16(12-19)20-9-5-11-26(20)15-18-14-24-25-23(18)22-13-17-6-2-3-10-21(17)28-22/h2-4,6-8,10,12-13,18,20,23-25H,5,9,11,14-15H2,1H3. The van der Waals surface area contributed by atoms with Crippen LogP contribution in [-0.4, -0.2) is 31.6 Å². The molecule has 0 saturated carbocycles. The molecular formula is C23H27N3O2. The van der Waals surface area contributed by atoms with Crippen LogP contribution < -0.4 is 15.6 Å². The lowest BCUT2D eigenvalue weighted by Gasteiger charge is -2.29. The Kier molecular flexibility index (Phi) is 4.81. The van der Waals surface area contributed by atoms with Crippen LogP contribution in [0.3, 0.4) is 0 Å². The second kappa shape index (κ2) is 7.59. The predicted molar refractivity (Wildman–Crippen MR) is 110 cm³/mol. The van der Waals surface area contributed by atoms with Gasteiger partial charge < -0.3 is 9.15 Å². The lowest BCUT2D eigenvalue weighted by atomic mass is 9.97. The number of hydrogen-bond acceptors (Lipinski definition) is 5. The second-order valence-corrected chi connectivity index (χ2v) is 7.88. The number of para-hydroxylation sites is 1. The summed E-state index contributed by atoms with van der Waals surface area (Å²) in [6.45, 7) is 3.14. The molecule has 0 amide bonds. The van der Waals surface area contributed by atoms with E-state index in [4.69, 9.17) is 9.15 Å². The van der Waals surface area contributed by atoms with E-state index in [1.54, 1.807) is 7.11 Å². The predicted octanol–water partition coefficient (Wildman–Crippen LogP) is 4.04. The Morgan fingerprint density at radius 1 is 1.14 bits per heavy atom. The maximum Gasteiger partial charge on any atom is 0.134 e. The molecule has 0 aliphatic carbocycles. The lowest BCUT2D eigenvalue weighted by molar-refractivity contribution is 0.205. The van der Waals surface area contributed by atoms with E-state index < -0.39 is 0 Å². The third kappa shape index (κ3) is 3.30. The Labute approximate surface area is 165 Å². The summed E-state index contributed by atoms with van der Waals surface area (Å²) in [5.41, 5.74) is 9.11. The summed E-state index contributed by atoms with van der Waals surface area (Å²) < 4.78 is 11.6. The topological polar surface area (TPSA) is 49.7 Å². The summed E-state index contributed by atoms with van der Waals surface area (Å²) in [6.07, 6.45) is 2.45. The Morgan fingerprint density at radius 2 is 2.07 bits per heavy atom. The van der Waals surface area contributed by atoms with E-state index in [1.807, 2.05) is 18.2 Å². The zero-order chi connectivity index (χ0) is 18.9. The van der Waals surface area contributed by atoms with Gasteiger partial charge in [0, 0.05) is 30.4 Å². The molecule has 3 aromatic rings. The highest BCUT2D eigenvalue weighted by Gasteiger charge is 2.35. The van der Waals surface area contributed by atoms with Crippen LogP contribution >= 0.6 is 0 Å². The van der Waals surface area contributed by atoms with Crippen molar-refractivity contribution in [2.75, 3.05) is 26.7 Å². The smallest absolute Gasteiger partial charge is 0.134 e. The molecule has 5 heteroatoms. The molecule has 5 nitrogen and oxygen atoms in total. The van der Waals surface area contributed by atoms with Gasteiger partial charge in [-0.1, -0.05) is 30.3 Å². The molecule has 3 atom stereocenters. The number of nitrogens with zero attached hydrogens (tertiary/aromatic N) is 1. The van der Waals surface area contributed by atoms with E-state index in [0.717, 1.165) is 36.7 Å². The number of hydrazine groups is 1. The second-order valence-electron chi connectivity index (χ2n) is 7.88. The van der Waals surface area contributed by atoms with Crippen LogP contribution in [0.5, 0.6) is 5.75 Å². The maximum atomic E-state index is 6.15. The average Bonchev–Trinajstić information content (AvgIpc) is 3.47. The van der Waals surface area contributed by atoms with Gasteiger partial charge in [-0.15, -0.1) is 0 Å². The highest BCUT2D eigenvalue weighted by atomic mass is 16.5. The van der Waals surface area contributed by atoms with Gasteiger partial charge in [0.25, 0.3) is 0 Å². The minimum absolute atomic E-state index is 0.193. The van der Waals surface area contributed by atoms with Gasteiger partial charge in [0.2, 0.25) is 0 Å². The van der Waals surface area contributed by atoms with Crippen molar-refractivity contribution in [3.05, 3.63) is 65.9 Å². The van der Waals surface area contributed by atoms with Crippen LogP contribution in [0.25, 0.3) is 11.0 Å². The number of furan rings is 1. The van der Waals surface area contributed by atoms with Gasteiger partial charge in [0.15, 0.2) is 0 Å². The van der Waals surface area contributed by atoms with Gasteiger partial charge in [-0.25, -0.2) is 5.43 Å². The molecule has 2 aliphatic heterocycles. The third-order valence-electron chi connectivity index (χ3n) is 6.16. The lowest BCUT2D eigenvalue weighted by Crippen LogP contribution is -2.32. The zero-order valence-corrected chi connectivity index (χ0v) is 16.2. The molecular weight excluding hydrogens is 350 g/mol. The largest absolute Gasteiger partial charge is 0.497 e. The van der Waals surface area contributed by atoms with Crippen molar-refractivity contribution in [3.8, 4) is 5.75 Å². The van der Waals surface area contributed by atoms with E-state index in [2.05, 4.69) is 52.1 Å². The maximum absolute atomic E-state index is 6.15. The van der Waals surface area contributed by atoms with Crippen LogP contribution in [0.15, 0.2) is 59.0 Å². The van der Waals surface area contributed by atoms with E-state index in [1.165, 1.54) is 23.8 Å². The summed E-state index contributed by atoms with van der Waals surface area (Å²) in [4.78, 5) is 2.63. The minimum Gasteiger partial charge on any atom is -0.497 e. The third-order valence-corrected chi connectivity index (χ3v) is 6.16. The van der Waals surface area contributed by atoms with Crippen molar-refractivity contribution in [3.63, 3.8) is 0 Å². The van der Waals surface area contributed by atoms with Gasteiger partial charge in [-0.05, 0) is 49.2 Å². The first-order valence-electron chi connectivity index (χ1n) is 10.2. The molecule has 28 heavy (non-hydrogen) atoms. The Bertz CT molecular complexity index is 921. The molecule has 2 aromatic carbocycles. The number of likely N-dealkylation sites (tertiary alicyclic amines) is 1. The first-order valence-corrected chi connectivity index (χ1v) is 10.2. The molecule has 2 N–H and O–H groups in total. The van der Waals surface area contributed by atoms with Crippen LogP contribution in [0, 0.1) is 5.92 Å². The summed E-state index contributed by atoms with van der Waals surface area (Å²) in [5, 5.41) is 1.17. The first-order chi connectivity index (χ1) is 13.8. The fourth-order valence-electron chi connectivity index (χ4n) is 4.74. The number of benzene rings is 2. The monoisotopic (exact) mass is 377 g/mol. The number of methoxy groups -OCH3 is 1. The summed E-state index contributed by atoms with van der Waals surface area (Å²) in [6, 6.07) is 19.6. The molecule has 2 aliphatic rings. The number of ether oxygens (including phenoxy) is 1. The summed E-state index contributed by atoms with van der Waals surface area (Å²) >= 11 is 0. The van der Waals surface area contributed by atoms with Crippen LogP contribution in [0.2, 0.25) is 0 Å². The molecule has 146 valence electrons. The normalized spacial score (nSPS) is 25.5. The molecule has 2 saturated heterocycles. The van der Waals surface area contributed by atoms with E-state index in [0.29, 0.717) is 12.0 Å². The van der Waals surface area contributed by atoms with Crippen LogP contribution in [0.4, 0.5) is 0 Å². The molecule has 0 bridgehead atoms. The molecule has 0 spiro atoms. The molecule has 2 fully saturated rings. The molecule has 0 radical (unpaired) electrons. The van der Waals surface area contributed by atoms with Crippen LogP contribution in [0.1, 0.15) is 36.2 Å². The van der Waals surface area contributed by atoms with Gasteiger partial charge in [-0.2, -0.15) is 0 Å². The van der Waals surface area contributed by atoms with Crippen molar-refractivity contribution in [1.82, 2.24) is 15.8 Å². The highest BCUT2D eigenvalue weighted by molar-refractivity contribution is 5.77. The van der Waals surface area contributed by atoms with Crippen molar-refractivity contribution < 1.29 is 9.15 Å². The van der Waals surface area contributed by atoms with E-state index in [-0.39, 0.29) is 6.04 Å². The summed E-state index contributed by atoms with van der Waals surface area (Å²) in [7, 11) is 1.74. The van der Waals surface area contributed by atoms with Gasteiger partial charge >= 0.3 is 0 Å². The SMILES string of the molecule is COc1cccc(C2CCCN2CC2CNNC2c2cc3ccccc3o2)c1. The number of fused-ring (bicyclic) bond motifs is 1. The summed E-state index contributed by atoms with van der Waals surface area (Å²) in [5.74, 6) is 2.42. The zero-order valence-electron chi connectivity index (χ0n) is 16.2. The van der Waals surface area contributed by atoms with Gasteiger partial charge in [0.1, 0.15) is 17.1 Å². The Balaban J connectivity index is 1.35. The Morgan fingerprint density at radius 3 is 2.96 bits per heavy atom. The van der Waals surface area contributed by atoms with Crippen molar-refractivity contribution in [2.45, 2.75) is 24.9 Å². The first kappa shape index (κ1) is 17.7. The number of hydrogen-bond donors (Lipinski definition) is 2. The molecule has 3 heterocycles. The van der Waals surface area contributed by atoms with Crippen molar-refractivity contribution >= 4 is 11.0 Å². The van der Waals surface area contributed by atoms with Gasteiger partial charge in [-0.3, -0.25) is 10.3 Å². The van der Waals surface area contributed by atoms with Gasteiger partial charge in [0.05, 0.1) is 13.2 Å². The van der Waals surface area contributed by atoms with Crippen molar-refractivity contribution in [1.29, 1.82) is 0 Å². The number of nitrogens with one attached hydrogen (secondary N) is 2. The molecule has 3 unspecified atom stereocenters. The molecule has 1 aromatic heterocycles. The quantitative estimate of drug-likeness (QED) is 0.703.